The lowest BCUT2D eigenvalue weighted by Crippen LogP contribution is -1.89. The van der Waals surface area contributed by atoms with Gasteiger partial charge in [-0.05, 0) is 12.2 Å². The summed E-state index contributed by atoms with van der Waals surface area (Å²) in [6.45, 7) is 0. The second kappa shape index (κ2) is 5.34. The Labute approximate surface area is 119 Å². The predicted octanol–water partition coefficient (Wildman–Crippen LogP) is 3.21. The molecule has 2 heterocycles. The number of methoxy groups -OCH3 is 2. The van der Waals surface area contributed by atoms with Gasteiger partial charge in [-0.25, -0.2) is 9.97 Å². The Balaban J connectivity index is 1.98. The normalized spacial score (nSPS) is 11.3. The molecule has 0 bridgehead atoms. The van der Waals surface area contributed by atoms with E-state index >= 15 is 0 Å². The van der Waals surface area contributed by atoms with E-state index in [2.05, 4.69) is 15.0 Å². The molecule has 1 aromatic carbocycles. The van der Waals surface area contributed by atoms with E-state index in [1.54, 1.807) is 38.0 Å². The molecule has 3 aromatic rings. The Kier molecular flexibility index (Phi) is 3.39. The van der Waals surface area contributed by atoms with Crippen LogP contribution in [-0.4, -0.2) is 29.2 Å². The molecule has 0 aliphatic rings. The molecule has 5 nitrogen and oxygen atoms in total. The van der Waals surface area contributed by atoms with Gasteiger partial charge >= 0.3 is 0 Å². The predicted molar refractivity (Wildman–Crippen MR) is 80.2 cm³/mol. The molecule has 0 aliphatic carbocycles. The monoisotopic (exact) mass is 287 g/mol. The van der Waals surface area contributed by atoms with Gasteiger partial charge in [0.1, 0.15) is 10.8 Å². The summed E-state index contributed by atoms with van der Waals surface area (Å²) in [6.07, 6.45) is 7.33. The Bertz CT molecular complexity index is 706. The van der Waals surface area contributed by atoms with Gasteiger partial charge in [-0.2, -0.15) is 0 Å². The summed E-state index contributed by atoms with van der Waals surface area (Å²) in [5, 5.41) is 0.909. The van der Waals surface area contributed by atoms with Gasteiger partial charge in [0.25, 0.3) is 0 Å². The Hall–Kier alpha value is -2.34. The fourth-order valence-electron chi connectivity index (χ4n) is 1.86. The zero-order valence-electron chi connectivity index (χ0n) is 11.1. The van der Waals surface area contributed by atoms with E-state index in [-0.39, 0.29) is 0 Å². The van der Waals surface area contributed by atoms with Crippen LogP contribution in [-0.2, 0) is 0 Å². The molecule has 0 amide bonds. The van der Waals surface area contributed by atoms with Crippen LogP contribution < -0.4 is 9.47 Å². The SMILES string of the molecule is COc1cc2nc(C=Cc3ncc[nH]3)sc2cc1OC. The summed E-state index contributed by atoms with van der Waals surface area (Å²) < 4.78 is 11.6. The number of thiazole rings is 1. The van der Waals surface area contributed by atoms with Crippen LogP contribution in [0.4, 0.5) is 0 Å². The molecule has 0 saturated carbocycles. The van der Waals surface area contributed by atoms with Crippen LogP contribution in [0.3, 0.4) is 0 Å². The number of rotatable bonds is 4. The summed E-state index contributed by atoms with van der Waals surface area (Å²) in [5.74, 6) is 2.21. The molecule has 0 unspecified atom stereocenters. The highest BCUT2D eigenvalue weighted by Gasteiger charge is 2.09. The maximum Gasteiger partial charge on any atom is 0.162 e. The van der Waals surface area contributed by atoms with Crippen molar-refractivity contribution in [3.63, 3.8) is 0 Å². The van der Waals surface area contributed by atoms with E-state index in [9.17, 15) is 0 Å². The van der Waals surface area contributed by atoms with Crippen molar-refractivity contribution in [2.24, 2.45) is 0 Å². The molecule has 2 aromatic heterocycles. The summed E-state index contributed by atoms with van der Waals surface area (Å²) in [4.78, 5) is 11.7. The molecular formula is C14H13N3O2S. The van der Waals surface area contributed by atoms with E-state index in [0.717, 1.165) is 21.0 Å². The first-order valence-corrected chi connectivity index (χ1v) is 6.82. The van der Waals surface area contributed by atoms with Crippen LogP contribution in [0.25, 0.3) is 22.4 Å². The molecule has 20 heavy (non-hydrogen) atoms. The Morgan fingerprint density at radius 3 is 2.65 bits per heavy atom. The fourth-order valence-corrected chi connectivity index (χ4v) is 2.74. The molecule has 0 spiro atoms. The molecule has 102 valence electrons. The van der Waals surface area contributed by atoms with Gasteiger partial charge in [-0.3, -0.25) is 0 Å². The van der Waals surface area contributed by atoms with Crippen molar-refractivity contribution in [2.45, 2.75) is 0 Å². The van der Waals surface area contributed by atoms with Gasteiger partial charge in [-0.1, -0.05) is 0 Å². The highest BCUT2D eigenvalue weighted by atomic mass is 32.1. The molecule has 0 aliphatic heterocycles. The van der Waals surface area contributed by atoms with E-state index in [4.69, 9.17) is 9.47 Å². The van der Waals surface area contributed by atoms with Gasteiger partial charge in [-0.15, -0.1) is 11.3 Å². The first-order valence-electron chi connectivity index (χ1n) is 6.00. The highest BCUT2D eigenvalue weighted by molar-refractivity contribution is 7.19. The molecule has 6 heteroatoms. The van der Waals surface area contributed by atoms with Gasteiger partial charge in [0, 0.05) is 24.5 Å². The lowest BCUT2D eigenvalue weighted by atomic mass is 10.3. The van der Waals surface area contributed by atoms with Crippen LogP contribution in [0, 0.1) is 0 Å². The summed E-state index contributed by atoms with van der Waals surface area (Å²) in [7, 11) is 3.25. The minimum absolute atomic E-state index is 0.687. The van der Waals surface area contributed by atoms with E-state index in [0.29, 0.717) is 11.5 Å². The van der Waals surface area contributed by atoms with Crippen molar-refractivity contribution in [3.05, 3.63) is 35.4 Å². The van der Waals surface area contributed by atoms with Crippen molar-refractivity contribution in [2.75, 3.05) is 14.2 Å². The van der Waals surface area contributed by atoms with Gasteiger partial charge in [0.15, 0.2) is 11.5 Å². The number of aromatic nitrogens is 3. The van der Waals surface area contributed by atoms with Gasteiger partial charge in [0.05, 0.1) is 24.4 Å². The van der Waals surface area contributed by atoms with Crippen molar-refractivity contribution in [1.29, 1.82) is 0 Å². The van der Waals surface area contributed by atoms with Crippen LogP contribution >= 0.6 is 11.3 Å². The average molecular weight is 287 g/mol. The summed E-state index contributed by atoms with van der Waals surface area (Å²) in [5.41, 5.74) is 0.895. The lowest BCUT2D eigenvalue weighted by Gasteiger charge is -2.05. The first kappa shape index (κ1) is 12.7. The number of hydrogen-bond acceptors (Lipinski definition) is 5. The van der Waals surface area contributed by atoms with Crippen molar-refractivity contribution in [3.8, 4) is 11.5 Å². The number of ether oxygens (including phenoxy) is 2. The third-order valence-corrected chi connectivity index (χ3v) is 3.80. The summed E-state index contributed by atoms with van der Waals surface area (Å²) in [6, 6.07) is 3.82. The molecule has 1 N–H and O–H groups in total. The second-order valence-corrected chi connectivity index (χ2v) is 5.10. The van der Waals surface area contributed by atoms with Crippen LogP contribution in [0.1, 0.15) is 10.8 Å². The third-order valence-electron chi connectivity index (χ3n) is 2.81. The van der Waals surface area contributed by atoms with Crippen LogP contribution in [0.5, 0.6) is 11.5 Å². The quantitative estimate of drug-likeness (QED) is 0.800. The topological polar surface area (TPSA) is 60.0 Å². The zero-order chi connectivity index (χ0) is 13.9. The Morgan fingerprint density at radius 1 is 1.15 bits per heavy atom. The minimum atomic E-state index is 0.687. The zero-order valence-corrected chi connectivity index (χ0v) is 11.9. The number of benzene rings is 1. The van der Waals surface area contributed by atoms with Crippen LogP contribution in [0.15, 0.2) is 24.5 Å². The van der Waals surface area contributed by atoms with E-state index in [1.807, 2.05) is 24.3 Å². The second-order valence-electron chi connectivity index (χ2n) is 4.03. The number of H-pyrrole nitrogens is 1. The largest absolute Gasteiger partial charge is 0.493 e. The average Bonchev–Trinajstić information content (AvgIpc) is 3.11. The van der Waals surface area contributed by atoms with Crippen molar-refractivity contribution >= 4 is 33.7 Å². The maximum atomic E-state index is 5.29. The Morgan fingerprint density at radius 2 is 1.95 bits per heavy atom. The molecule has 0 saturated heterocycles. The molecule has 3 rings (SSSR count). The highest BCUT2D eigenvalue weighted by Crippen LogP contribution is 2.34. The van der Waals surface area contributed by atoms with Crippen molar-refractivity contribution in [1.82, 2.24) is 15.0 Å². The fraction of sp³-hybridized carbons (Fsp3) is 0.143. The number of fused-ring (bicyclic) bond motifs is 1. The standard InChI is InChI=1S/C14H13N3O2S/c1-18-10-7-9-12(8-11(10)19-2)20-14(17-9)4-3-13-15-5-6-16-13/h3-8H,1-2H3,(H,15,16). The number of nitrogens with zero attached hydrogens (tertiary/aromatic N) is 2. The van der Waals surface area contributed by atoms with E-state index < -0.39 is 0 Å². The van der Waals surface area contributed by atoms with Crippen molar-refractivity contribution < 1.29 is 9.47 Å². The summed E-state index contributed by atoms with van der Waals surface area (Å²) >= 11 is 1.59. The number of imidazole rings is 1. The number of hydrogen-bond donors (Lipinski definition) is 1. The number of aromatic amines is 1. The van der Waals surface area contributed by atoms with Gasteiger partial charge in [0.2, 0.25) is 0 Å². The number of nitrogens with one attached hydrogen (secondary N) is 1. The van der Waals surface area contributed by atoms with Crippen LogP contribution in [0.2, 0.25) is 0 Å². The lowest BCUT2D eigenvalue weighted by molar-refractivity contribution is 0.356. The van der Waals surface area contributed by atoms with Gasteiger partial charge < -0.3 is 14.5 Å². The minimum Gasteiger partial charge on any atom is -0.493 e. The smallest absolute Gasteiger partial charge is 0.162 e. The molecule has 0 radical (unpaired) electrons. The maximum absolute atomic E-state index is 5.29. The third kappa shape index (κ3) is 2.37. The molecule has 0 fully saturated rings. The van der Waals surface area contributed by atoms with E-state index in [1.165, 1.54) is 0 Å². The first-order chi connectivity index (χ1) is 9.80. The molecule has 0 atom stereocenters. The molecular weight excluding hydrogens is 274 g/mol.